The van der Waals surface area contributed by atoms with E-state index in [0.717, 1.165) is 31.4 Å². The molecule has 0 aliphatic carbocycles. The highest BCUT2D eigenvalue weighted by molar-refractivity contribution is 5.73. The standard InChI is InChI=1S/C15H20N2O4/c18-15(19)14-4-2-1-3-10-16(14)11-9-12-5-7-13(8-6-12)17(20)21/h5-8,14H,1-4,9-11H2,(H,18,19). The van der Waals surface area contributed by atoms with Crippen molar-refractivity contribution in [2.24, 2.45) is 0 Å². The lowest BCUT2D eigenvalue weighted by molar-refractivity contribution is -0.384. The van der Waals surface area contributed by atoms with Crippen molar-refractivity contribution in [1.82, 2.24) is 4.90 Å². The highest BCUT2D eigenvalue weighted by atomic mass is 16.6. The van der Waals surface area contributed by atoms with Crippen LogP contribution in [0.2, 0.25) is 0 Å². The van der Waals surface area contributed by atoms with Crippen molar-refractivity contribution in [3.05, 3.63) is 39.9 Å². The van der Waals surface area contributed by atoms with E-state index in [4.69, 9.17) is 0 Å². The van der Waals surface area contributed by atoms with Gasteiger partial charge in [-0.3, -0.25) is 19.8 Å². The fourth-order valence-electron chi connectivity index (χ4n) is 2.77. The highest BCUT2D eigenvalue weighted by Gasteiger charge is 2.26. The summed E-state index contributed by atoms with van der Waals surface area (Å²) in [5.41, 5.74) is 1.07. The number of nitro benzene ring substituents is 1. The summed E-state index contributed by atoms with van der Waals surface area (Å²) in [6, 6.07) is 6.07. The summed E-state index contributed by atoms with van der Waals surface area (Å²) in [5.74, 6) is -0.749. The number of non-ortho nitro benzene ring substituents is 1. The topological polar surface area (TPSA) is 83.7 Å². The number of carboxylic acid groups (broad SMARTS) is 1. The Morgan fingerprint density at radius 3 is 2.62 bits per heavy atom. The Balaban J connectivity index is 1.96. The number of hydrogen-bond acceptors (Lipinski definition) is 4. The second-order valence-corrected chi connectivity index (χ2v) is 5.41. The number of carboxylic acids is 1. The molecule has 1 heterocycles. The molecule has 0 amide bonds. The van der Waals surface area contributed by atoms with Crippen LogP contribution in [0.1, 0.15) is 31.2 Å². The summed E-state index contributed by atoms with van der Waals surface area (Å²) < 4.78 is 0. The molecule has 1 N–H and O–H groups in total. The van der Waals surface area contributed by atoms with Crippen LogP contribution in [0.3, 0.4) is 0 Å². The van der Waals surface area contributed by atoms with E-state index in [0.29, 0.717) is 19.4 Å². The SMILES string of the molecule is O=C(O)C1CCCCCN1CCc1ccc([N+](=O)[O-])cc1. The summed E-state index contributed by atoms with van der Waals surface area (Å²) in [4.78, 5) is 23.5. The molecule has 1 atom stereocenters. The van der Waals surface area contributed by atoms with E-state index >= 15 is 0 Å². The van der Waals surface area contributed by atoms with Crippen LogP contribution in [0.5, 0.6) is 0 Å². The molecule has 0 spiro atoms. The Morgan fingerprint density at radius 1 is 1.29 bits per heavy atom. The maximum absolute atomic E-state index is 11.3. The second-order valence-electron chi connectivity index (χ2n) is 5.41. The van der Waals surface area contributed by atoms with Gasteiger partial charge in [0.05, 0.1) is 4.92 Å². The molecule has 1 aliphatic heterocycles. The van der Waals surface area contributed by atoms with Crippen LogP contribution in [0.25, 0.3) is 0 Å². The van der Waals surface area contributed by atoms with Crippen molar-refractivity contribution in [3.63, 3.8) is 0 Å². The van der Waals surface area contributed by atoms with Crippen molar-refractivity contribution in [1.29, 1.82) is 0 Å². The number of rotatable bonds is 5. The van der Waals surface area contributed by atoms with Crippen LogP contribution in [0.15, 0.2) is 24.3 Å². The Labute approximate surface area is 123 Å². The summed E-state index contributed by atoms with van der Waals surface area (Å²) in [6.07, 6.45) is 4.49. The van der Waals surface area contributed by atoms with Crippen molar-refractivity contribution in [2.45, 2.75) is 38.1 Å². The average Bonchev–Trinajstić information content (AvgIpc) is 2.71. The number of aliphatic carboxylic acids is 1. The zero-order valence-electron chi connectivity index (χ0n) is 11.9. The Hall–Kier alpha value is -1.95. The summed E-state index contributed by atoms with van der Waals surface area (Å²) in [5, 5.41) is 19.9. The largest absolute Gasteiger partial charge is 0.480 e. The quantitative estimate of drug-likeness (QED) is 0.665. The van der Waals surface area contributed by atoms with Gasteiger partial charge in [0.25, 0.3) is 5.69 Å². The third kappa shape index (κ3) is 4.26. The monoisotopic (exact) mass is 292 g/mol. The molecular weight excluding hydrogens is 272 g/mol. The van der Waals surface area contributed by atoms with Gasteiger partial charge in [0.1, 0.15) is 6.04 Å². The minimum absolute atomic E-state index is 0.0805. The molecule has 6 nitrogen and oxygen atoms in total. The molecule has 114 valence electrons. The molecule has 0 radical (unpaired) electrons. The van der Waals surface area contributed by atoms with Crippen molar-refractivity contribution in [2.75, 3.05) is 13.1 Å². The van der Waals surface area contributed by atoms with Gasteiger partial charge in [0.15, 0.2) is 0 Å². The minimum atomic E-state index is -0.749. The number of hydrogen-bond donors (Lipinski definition) is 1. The van der Waals surface area contributed by atoms with Crippen molar-refractivity contribution >= 4 is 11.7 Å². The molecule has 1 aliphatic rings. The van der Waals surface area contributed by atoms with Crippen LogP contribution >= 0.6 is 0 Å². The lowest BCUT2D eigenvalue weighted by Crippen LogP contribution is -2.41. The van der Waals surface area contributed by atoms with Crippen LogP contribution in [-0.2, 0) is 11.2 Å². The molecule has 6 heteroatoms. The molecule has 1 unspecified atom stereocenters. The van der Waals surface area contributed by atoms with Crippen LogP contribution < -0.4 is 0 Å². The van der Waals surface area contributed by atoms with Crippen molar-refractivity contribution in [3.8, 4) is 0 Å². The van der Waals surface area contributed by atoms with Gasteiger partial charge in [-0.15, -0.1) is 0 Å². The molecule has 1 aromatic carbocycles. The van der Waals surface area contributed by atoms with E-state index in [1.807, 2.05) is 4.90 Å². The zero-order chi connectivity index (χ0) is 15.2. The van der Waals surface area contributed by atoms with Gasteiger partial charge in [-0.05, 0) is 31.4 Å². The van der Waals surface area contributed by atoms with Gasteiger partial charge >= 0.3 is 5.97 Å². The number of benzene rings is 1. The summed E-state index contributed by atoms with van der Waals surface area (Å²) in [7, 11) is 0. The molecule has 2 rings (SSSR count). The lowest BCUT2D eigenvalue weighted by Gasteiger charge is -2.26. The first-order valence-electron chi connectivity index (χ1n) is 7.28. The molecule has 0 bridgehead atoms. The molecule has 1 fully saturated rings. The predicted molar refractivity (Wildman–Crippen MR) is 78.3 cm³/mol. The fraction of sp³-hybridized carbons (Fsp3) is 0.533. The van der Waals surface area contributed by atoms with Gasteiger partial charge in [0, 0.05) is 18.7 Å². The molecule has 0 aromatic heterocycles. The van der Waals surface area contributed by atoms with Gasteiger partial charge in [-0.25, -0.2) is 0 Å². The van der Waals surface area contributed by atoms with Crippen LogP contribution in [-0.4, -0.2) is 40.0 Å². The first-order valence-corrected chi connectivity index (χ1v) is 7.28. The van der Waals surface area contributed by atoms with E-state index in [2.05, 4.69) is 0 Å². The number of carbonyl (C=O) groups is 1. The highest BCUT2D eigenvalue weighted by Crippen LogP contribution is 2.18. The molecule has 21 heavy (non-hydrogen) atoms. The van der Waals surface area contributed by atoms with Crippen LogP contribution in [0, 0.1) is 10.1 Å². The predicted octanol–water partition coefficient (Wildman–Crippen LogP) is 2.47. The first-order chi connectivity index (χ1) is 10.1. The van der Waals surface area contributed by atoms with E-state index in [9.17, 15) is 20.0 Å². The van der Waals surface area contributed by atoms with Gasteiger partial charge in [-0.2, -0.15) is 0 Å². The van der Waals surface area contributed by atoms with Crippen molar-refractivity contribution < 1.29 is 14.8 Å². The van der Waals surface area contributed by atoms with E-state index < -0.39 is 16.9 Å². The summed E-state index contributed by atoms with van der Waals surface area (Å²) in [6.45, 7) is 1.48. The normalized spacial score (nSPS) is 19.9. The number of nitrogens with zero attached hydrogens (tertiary/aromatic N) is 2. The first kappa shape index (κ1) is 15.4. The average molecular weight is 292 g/mol. The maximum Gasteiger partial charge on any atom is 0.320 e. The Morgan fingerprint density at radius 2 is 2.00 bits per heavy atom. The fourth-order valence-corrected chi connectivity index (χ4v) is 2.77. The second kappa shape index (κ2) is 7.17. The lowest BCUT2D eigenvalue weighted by atomic mass is 10.1. The number of nitro groups is 1. The third-order valence-corrected chi connectivity index (χ3v) is 3.98. The molecule has 1 saturated heterocycles. The Kier molecular flexibility index (Phi) is 5.27. The van der Waals surface area contributed by atoms with Gasteiger partial charge < -0.3 is 5.11 Å². The smallest absolute Gasteiger partial charge is 0.320 e. The third-order valence-electron chi connectivity index (χ3n) is 3.98. The molecular formula is C15H20N2O4. The van der Waals surface area contributed by atoms with E-state index in [-0.39, 0.29) is 5.69 Å². The molecule has 1 aromatic rings. The van der Waals surface area contributed by atoms with Gasteiger partial charge in [-0.1, -0.05) is 25.0 Å². The summed E-state index contributed by atoms with van der Waals surface area (Å²) >= 11 is 0. The van der Waals surface area contributed by atoms with Crippen LogP contribution in [0.4, 0.5) is 5.69 Å². The minimum Gasteiger partial charge on any atom is -0.480 e. The van der Waals surface area contributed by atoms with Gasteiger partial charge in [0.2, 0.25) is 0 Å². The zero-order valence-corrected chi connectivity index (χ0v) is 11.9. The van der Waals surface area contributed by atoms with E-state index in [1.165, 1.54) is 12.1 Å². The number of likely N-dealkylation sites (tertiary alicyclic amines) is 1. The maximum atomic E-state index is 11.3. The van der Waals surface area contributed by atoms with E-state index in [1.54, 1.807) is 12.1 Å². The Bertz CT molecular complexity index is 501. The molecule has 0 saturated carbocycles.